The first kappa shape index (κ1) is 30.1. The van der Waals surface area contributed by atoms with Crippen LogP contribution in [0.15, 0.2) is 35.3 Å². The Bertz CT molecular complexity index is 1520. The number of amides is 1. The third-order valence-electron chi connectivity index (χ3n) is 5.53. The summed E-state index contributed by atoms with van der Waals surface area (Å²) in [5.41, 5.74) is 11.7. The maximum atomic E-state index is 12.6. The Kier molecular flexibility index (Phi) is 9.96. The normalized spacial score (nSPS) is 12.2. The van der Waals surface area contributed by atoms with E-state index in [-0.39, 0.29) is 42.1 Å². The number of carbonyl (C=O) groups is 5. The molecule has 17 heteroatoms. The minimum absolute atomic E-state index is 0.0256. The average molecular weight is 571 g/mol. The van der Waals surface area contributed by atoms with Gasteiger partial charge in [-0.05, 0) is 37.1 Å². The average Bonchev–Trinajstić information content (AvgIpc) is 2.92. The summed E-state index contributed by atoms with van der Waals surface area (Å²) in [7, 11) is 0. The molecule has 17 nitrogen and oxygen atoms in total. The molecule has 0 fully saturated rings. The lowest BCUT2D eigenvalue weighted by molar-refractivity contribution is -0.160. The van der Waals surface area contributed by atoms with Gasteiger partial charge < -0.3 is 37.1 Å². The summed E-state index contributed by atoms with van der Waals surface area (Å²) in [4.78, 5) is 84.9. The number of anilines is 2. The molecule has 0 saturated heterocycles. The predicted octanol–water partition coefficient (Wildman–Crippen LogP) is -0.867. The molecule has 0 aliphatic rings. The quantitative estimate of drug-likeness (QED) is 0.0971. The Morgan fingerprint density at radius 1 is 1.02 bits per heavy atom. The van der Waals surface area contributed by atoms with Crippen LogP contribution in [0, 0.1) is 0 Å². The number of benzene rings is 1. The second kappa shape index (κ2) is 13.6. The second-order valence-corrected chi connectivity index (χ2v) is 8.65. The topological polar surface area (TPSA) is 283 Å². The first-order valence-electron chi connectivity index (χ1n) is 12.0. The fraction of sp³-hybridized carbons (Fsp3) is 0.292. The van der Waals surface area contributed by atoms with Crippen molar-refractivity contribution in [2.75, 3.05) is 11.1 Å². The zero-order valence-electron chi connectivity index (χ0n) is 21.3. The lowest BCUT2D eigenvalue weighted by Crippen LogP contribution is -2.41. The molecule has 2 unspecified atom stereocenters. The van der Waals surface area contributed by atoms with Crippen molar-refractivity contribution >= 4 is 52.6 Å². The Morgan fingerprint density at radius 2 is 1.73 bits per heavy atom. The molecule has 1 amide bonds. The molecule has 3 aromatic rings. The molecule has 0 spiro atoms. The third-order valence-corrected chi connectivity index (χ3v) is 5.53. The number of H-pyrrole nitrogens is 1. The van der Waals surface area contributed by atoms with E-state index in [0.29, 0.717) is 11.4 Å². The van der Waals surface area contributed by atoms with E-state index in [2.05, 4.69) is 35.3 Å². The van der Waals surface area contributed by atoms with Gasteiger partial charge >= 0.3 is 23.9 Å². The van der Waals surface area contributed by atoms with Crippen LogP contribution in [-0.4, -0.2) is 72.0 Å². The molecule has 216 valence electrons. The van der Waals surface area contributed by atoms with Crippen LogP contribution in [0.2, 0.25) is 0 Å². The number of hydrogen-bond acceptors (Lipinski definition) is 13. The lowest BCUT2D eigenvalue weighted by atomic mass is 10.1. The molecule has 3 rings (SSSR count). The van der Waals surface area contributed by atoms with Gasteiger partial charge in [-0.25, -0.2) is 19.6 Å². The van der Waals surface area contributed by atoms with Crippen LogP contribution in [0.25, 0.3) is 11.2 Å². The summed E-state index contributed by atoms with van der Waals surface area (Å²) in [5.74, 6) is -5.60. The van der Waals surface area contributed by atoms with Crippen molar-refractivity contribution in [1.82, 2.24) is 25.3 Å². The number of carboxylic acids is 2. The standard InChI is InChI=1S/C24H26N8O9/c25-14(5-7-16(33)34)23(40)41-17(35)8-6-15(22(38)39)30-20(36)11-1-3-12(4-2-11)27-9-13-10-28-19-18(29-13)21(37)32-24(26)31-19/h1-4,10,14-15,27H,5-9,25H2,(H,30,36)(H,33,34)(H,38,39)(H3,26,28,31,32,37). The molecule has 0 aliphatic carbocycles. The molecular formula is C24H26N8O9. The minimum atomic E-state index is -1.47. The van der Waals surface area contributed by atoms with E-state index in [1.165, 1.54) is 18.3 Å². The number of fused-ring (bicyclic) bond motifs is 1. The van der Waals surface area contributed by atoms with Crippen molar-refractivity contribution in [3.63, 3.8) is 0 Å². The van der Waals surface area contributed by atoms with Crippen LogP contribution < -0.4 is 27.7 Å². The number of hydrogen-bond donors (Lipinski definition) is 7. The smallest absolute Gasteiger partial charge is 0.330 e. The molecule has 2 atom stereocenters. The summed E-state index contributed by atoms with van der Waals surface area (Å²) in [6.45, 7) is 0.183. The van der Waals surface area contributed by atoms with Crippen molar-refractivity contribution in [1.29, 1.82) is 0 Å². The number of aromatic amines is 1. The maximum Gasteiger partial charge on any atom is 0.330 e. The van der Waals surface area contributed by atoms with Gasteiger partial charge in [0, 0.05) is 24.1 Å². The largest absolute Gasteiger partial charge is 0.481 e. The van der Waals surface area contributed by atoms with E-state index in [4.69, 9.17) is 16.6 Å². The van der Waals surface area contributed by atoms with Gasteiger partial charge in [-0.1, -0.05) is 0 Å². The van der Waals surface area contributed by atoms with Crippen molar-refractivity contribution in [3.8, 4) is 0 Å². The number of aromatic nitrogens is 4. The SMILES string of the molecule is Nc1nc2ncc(CNc3ccc(C(=O)NC(CCC(=O)OC(=O)C(N)CCC(=O)O)C(=O)O)cc3)nc2c(=O)[nH]1. The van der Waals surface area contributed by atoms with E-state index >= 15 is 0 Å². The summed E-state index contributed by atoms with van der Waals surface area (Å²) in [5, 5.41) is 23.4. The molecule has 0 radical (unpaired) electrons. The van der Waals surface area contributed by atoms with Gasteiger partial charge in [0.15, 0.2) is 11.2 Å². The highest BCUT2D eigenvalue weighted by Crippen LogP contribution is 2.12. The monoisotopic (exact) mass is 570 g/mol. The number of nitrogen functional groups attached to an aromatic ring is 1. The number of aliphatic carboxylic acids is 2. The molecule has 9 N–H and O–H groups in total. The molecular weight excluding hydrogens is 544 g/mol. The van der Waals surface area contributed by atoms with Crippen LogP contribution in [0.5, 0.6) is 0 Å². The maximum absolute atomic E-state index is 12.6. The zero-order chi connectivity index (χ0) is 30.1. The number of nitrogens with two attached hydrogens (primary N) is 2. The number of carboxylic acid groups (broad SMARTS) is 2. The fourth-order valence-corrected chi connectivity index (χ4v) is 3.39. The molecule has 2 aromatic heterocycles. The number of ether oxygens (including phenoxy) is 1. The summed E-state index contributed by atoms with van der Waals surface area (Å²) in [6, 6.07) is 3.19. The molecule has 0 bridgehead atoms. The van der Waals surface area contributed by atoms with Crippen molar-refractivity contribution in [3.05, 3.63) is 52.1 Å². The Labute approximate surface area is 230 Å². The van der Waals surface area contributed by atoms with E-state index in [1.54, 1.807) is 12.1 Å². The van der Waals surface area contributed by atoms with Gasteiger partial charge in [-0.3, -0.25) is 24.2 Å². The summed E-state index contributed by atoms with van der Waals surface area (Å²) in [6.07, 6.45) is -0.117. The van der Waals surface area contributed by atoms with Crippen LogP contribution in [-0.2, 0) is 30.5 Å². The highest BCUT2D eigenvalue weighted by molar-refractivity contribution is 5.97. The zero-order valence-corrected chi connectivity index (χ0v) is 21.3. The Hall–Kier alpha value is -5.45. The predicted molar refractivity (Wildman–Crippen MR) is 140 cm³/mol. The number of carbonyl (C=O) groups excluding carboxylic acids is 3. The summed E-state index contributed by atoms with van der Waals surface area (Å²) >= 11 is 0. The van der Waals surface area contributed by atoms with E-state index in [9.17, 15) is 33.9 Å². The Morgan fingerprint density at radius 3 is 2.39 bits per heavy atom. The van der Waals surface area contributed by atoms with E-state index in [1.807, 2.05) is 0 Å². The first-order valence-corrected chi connectivity index (χ1v) is 12.0. The number of nitrogens with zero attached hydrogens (tertiary/aromatic N) is 3. The van der Waals surface area contributed by atoms with Gasteiger partial charge in [-0.2, -0.15) is 4.98 Å². The second-order valence-electron chi connectivity index (χ2n) is 8.65. The highest BCUT2D eigenvalue weighted by Gasteiger charge is 2.24. The van der Waals surface area contributed by atoms with Crippen LogP contribution >= 0.6 is 0 Å². The fourth-order valence-electron chi connectivity index (χ4n) is 3.39. The van der Waals surface area contributed by atoms with Crippen molar-refractivity contribution in [2.45, 2.75) is 44.3 Å². The van der Waals surface area contributed by atoms with Gasteiger partial charge in [-0.15, -0.1) is 0 Å². The van der Waals surface area contributed by atoms with Gasteiger partial charge in [0.25, 0.3) is 11.5 Å². The van der Waals surface area contributed by atoms with Gasteiger partial charge in [0.2, 0.25) is 5.95 Å². The van der Waals surface area contributed by atoms with E-state index in [0.717, 1.165) is 0 Å². The number of esters is 2. The molecule has 1 aromatic carbocycles. The number of nitrogens with one attached hydrogen (secondary N) is 3. The van der Waals surface area contributed by atoms with Gasteiger partial charge in [0.05, 0.1) is 18.4 Å². The van der Waals surface area contributed by atoms with Crippen molar-refractivity contribution in [2.24, 2.45) is 5.73 Å². The molecule has 2 heterocycles. The molecule has 0 saturated carbocycles. The third kappa shape index (κ3) is 8.79. The lowest BCUT2D eigenvalue weighted by Gasteiger charge is -2.15. The van der Waals surface area contributed by atoms with E-state index < -0.39 is 60.3 Å². The highest BCUT2D eigenvalue weighted by atomic mass is 16.6. The van der Waals surface area contributed by atoms with Crippen LogP contribution in [0.3, 0.4) is 0 Å². The summed E-state index contributed by atoms with van der Waals surface area (Å²) < 4.78 is 4.52. The first-order chi connectivity index (χ1) is 19.4. The molecule has 0 aliphatic heterocycles. The van der Waals surface area contributed by atoms with Crippen molar-refractivity contribution < 1.29 is 38.9 Å². The van der Waals surface area contributed by atoms with Gasteiger partial charge in [0.1, 0.15) is 12.1 Å². The molecule has 41 heavy (non-hydrogen) atoms. The number of rotatable bonds is 13. The van der Waals surface area contributed by atoms with Crippen LogP contribution in [0.1, 0.15) is 41.7 Å². The minimum Gasteiger partial charge on any atom is -0.481 e. The Balaban J connectivity index is 1.51. The van der Waals surface area contributed by atoms with Crippen LogP contribution in [0.4, 0.5) is 11.6 Å².